The average Bonchev–Trinajstić information content (AvgIpc) is 3.18. The van der Waals surface area contributed by atoms with Gasteiger partial charge in [-0.15, -0.1) is 10.5 Å². The van der Waals surface area contributed by atoms with Crippen LogP contribution in [0.3, 0.4) is 0 Å². The molecule has 35 heavy (non-hydrogen) atoms. The normalized spacial score (nSPS) is 17.7. The number of nitrogens with zero attached hydrogens (tertiary/aromatic N) is 2. The Kier molecular flexibility index (Phi) is 5.37. The molecular formula is C28H17N3O4. The molecule has 0 saturated heterocycles. The minimum atomic E-state index is -0.904. The lowest BCUT2D eigenvalue weighted by Crippen LogP contribution is -2.38. The SMILES string of the molecule is N#COc1ccc(C2(c3ccc(OC#N)cc3)C=CC3=C(C(=O)NC3=O)C2c2ccccc2)cc1. The van der Waals surface area contributed by atoms with Crippen LogP contribution in [-0.4, -0.2) is 11.8 Å². The van der Waals surface area contributed by atoms with E-state index in [1.807, 2.05) is 60.7 Å². The van der Waals surface area contributed by atoms with E-state index >= 15 is 0 Å². The van der Waals surface area contributed by atoms with Gasteiger partial charge in [0.25, 0.3) is 24.3 Å². The number of benzene rings is 3. The fraction of sp³-hybridized carbons (Fsp3) is 0.0714. The highest BCUT2D eigenvalue weighted by molar-refractivity contribution is 6.22. The molecule has 5 rings (SSSR count). The van der Waals surface area contributed by atoms with Crippen LogP contribution in [-0.2, 0) is 15.0 Å². The largest absolute Gasteiger partial charge is 0.388 e. The van der Waals surface area contributed by atoms with Gasteiger partial charge in [-0.25, -0.2) is 0 Å². The van der Waals surface area contributed by atoms with Crippen LogP contribution in [0, 0.1) is 23.0 Å². The Morgan fingerprint density at radius 1 is 0.743 bits per heavy atom. The second-order valence-corrected chi connectivity index (χ2v) is 8.09. The van der Waals surface area contributed by atoms with Gasteiger partial charge in [0, 0.05) is 22.5 Å². The zero-order chi connectivity index (χ0) is 24.4. The minimum Gasteiger partial charge on any atom is -0.388 e. The molecule has 0 saturated carbocycles. The van der Waals surface area contributed by atoms with E-state index < -0.39 is 23.1 Å². The monoisotopic (exact) mass is 459 g/mol. The van der Waals surface area contributed by atoms with Crippen LogP contribution in [0.15, 0.2) is 102 Å². The summed E-state index contributed by atoms with van der Waals surface area (Å²) in [6.07, 6.45) is 6.95. The predicted molar refractivity (Wildman–Crippen MR) is 125 cm³/mol. The molecule has 0 spiro atoms. The van der Waals surface area contributed by atoms with Crippen LogP contribution in [0.2, 0.25) is 0 Å². The third-order valence-corrected chi connectivity index (χ3v) is 6.39. The fourth-order valence-corrected chi connectivity index (χ4v) is 4.94. The van der Waals surface area contributed by atoms with Crippen molar-refractivity contribution in [3.8, 4) is 24.0 Å². The molecule has 1 atom stereocenters. The first kappa shape index (κ1) is 21.7. The van der Waals surface area contributed by atoms with Gasteiger partial charge in [0.1, 0.15) is 11.5 Å². The molecule has 7 nitrogen and oxygen atoms in total. The maximum absolute atomic E-state index is 13.1. The van der Waals surface area contributed by atoms with Crippen molar-refractivity contribution in [3.05, 3.63) is 119 Å². The number of imide groups is 1. The maximum atomic E-state index is 13.1. The summed E-state index contributed by atoms with van der Waals surface area (Å²) in [6, 6.07) is 23.6. The molecule has 1 heterocycles. The molecule has 1 unspecified atom stereocenters. The molecular weight excluding hydrogens is 442 g/mol. The number of nitriles is 2. The minimum absolute atomic E-state index is 0.341. The third kappa shape index (κ3) is 3.52. The molecule has 0 bridgehead atoms. The van der Waals surface area contributed by atoms with E-state index in [9.17, 15) is 9.59 Å². The van der Waals surface area contributed by atoms with Gasteiger partial charge >= 0.3 is 0 Å². The van der Waals surface area contributed by atoms with Gasteiger partial charge in [-0.1, -0.05) is 66.7 Å². The smallest absolute Gasteiger partial charge is 0.292 e. The number of nitrogens with one attached hydrogen (secondary N) is 1. The number of ether oxygens (including phenoxy) is 2. The molecule has 3 aromatic rings. The van der Waals surface area contributed by atoms with E-state index in [-0.39, 0.29) is 0 Å². The van der Waals surface area contributed by atoms with E-state index in [2.05, 4.69) is 5.32 Å². The number of amides is 2. The van der Waals surface area contributed by atoms with Crippen molar-refractivity contribution in [2.75, 3.05) is 0 Å². The molecule has 2 aliphatic rings. The highest BCUT2D eigenvalue weighted by atomic mass is 16.5. The van der Waals surface area contributed by atoms with E-state index in [0.717, 1.165) is 16.7 Å². The van der Waals surface area contributed by atoms with Crippen LogP contribution in [0.25, 0.3) is 0 Å². The van der Waals surface area contributed by atoms with Crippen LogP contribution >= 0.6 is 0 Å². The zero-order valence-corrected chi connectivity index (χ0v) is 18.3. The van der Waals surface area contributed by atoms with Gasteiger partial charge < -0.3 is 9.47 Å². The predicted octanol–water partition coefficient (Wildman–Crippen LogP) is 4.00. The number of allylic oxidation sites excluding steroid dienone is 1. The van der Waals surface area contributed by atoms with Crippen molar-refractivity contribution in [2.45, 2.75) is 11.3 Å². The molecule has 168 valence electrons. The molecule has 3 aromatic carbocycles. The Balaban J connectivity index is 1.80. The topological polar surface area (TPSA) is 112 Å². The van der Waals surface area contributed by atoms with E-state index in [1.54, 1.807) is 42.9 Å². The van der Waals surface area contributed by atoms with Crippen molar-refractivity contribution >= 4 is 11.8 Å². The standard InChI is InChI=1S/C28H17N3O4/c29-16-34-21-10-6-19(7-11-21)28(20-8-12-22(13-9-20)35-17-30)15-14-23-24(27(33)31-26(23)32)25(28)18-4-2-1-3-5-18/h1-15,25H,(H,31,32,33). The number of hydrogen-bond donors (Lipinski definition) is 1. The third-order valence-electron chi connectivity index (χ3n) is 6.39. The van der Waals surface area contributed by atoms with Crippen LogP contribution in [0.4, 0.5) is 0 Å². The van der Waals surface area contributed by atoms with E-state index in [1.165, 1.54) is 0 Å². The van der Waals surface area contributed by atoms with Gasteiger partial charge in [0.2, 0.25) is 0 Å². The lowest BCUT2D eigenvalue weighted by Gasteiger charge is -2.42. The summed E-state index contributed by atoms with van der Waals surface area (Å²) in [7, 11) is 0. The van der Waals surface area contributed by atoms with Crippen molar-refractivity contribution in [3.63, 3.8) is 0 Å². The van der Waals surface area contributed by atoms with Gasteiger partial charge in [-0.2, -0.15) is 0 Å². The van der Waals surface area contributed by atoms with Gasteiger partial charge in [0.15, 0.2) is 0 Å². The molecule has 0 radical (unpaired) electrons. The molecule has 2 amide bonds. The molecule has 1 N–H and O–H groups in total. The number of hydrogen-bond acceptors (Lipinski definition) is 6. The van der Waals surface area contributed by atoms with Gasteiger partial charge in [-0.05, 0) is 41.0 Å². The summed E-state index contributed by atoms with van der Waals surface area (Å²) in [5.41, 5.74) is 2.31. The molecule has 0 fully saturated rings. The Morgan fingerprint density at radius 3 is 1.80 bits per heavy atom. The van der Waals surface area contributed by atoms with Crippen LogP contribution in [0.5, 0.6) is 11.5 Å². The highest BCUT2D eigenvalue weighted by Gasteiger charge is 2.50. The number of carbonyl (C=O) groups excluding carboxylic acids is 2. The fourth-order valence-electron chi connectivity index (χ4n) is 4.94. The zero-order valence-electron chi connectivity index (χ0n) is 18.3. The van der Waals surface area contributed by atoms with Crippen molar-refractivity contribution in [1.82, 2.24) is 5.32 Å². The quantitative estimate of drug-likeness (QED) is 0.456. The average molecular weight is 459 g/mol. The van der Waals surface area contributed by atoms with E-state index in [4.69, 9.17) is 20.0 Å². The highest BCUT2D eigenvalue weighted by Crippen LogP contribution is 2.53. The summed E-state index contributed by atoms with van der Waals surface area (Å²) < 4.78 is 9.93. The Bertz CT molecular complexity index is 1400. The van der Waals surface area contributed by atoms with Crippen LogP contribution in [0.1, 0.15) is 22.6 Å². The van der Waals surface area contributed by atoms with Crippen molar-refractivity contribution in [2.24, 2.45) is 0 Å². The second kappa shape index (κ2) is 8.66. The Hall–Kier alpha value is -5.14. The van der Waals surface area contributed by atoms with Crippen molar-refractivity contribution < 1.29 is 19.1 Å². The summed E-state index contributed by atoms with van der Waals surface area (Å²) in [4.78, 5) is 25.7. The van der Waals surface area contributed by atoms with E-state index in [0.29, 0.717) is 22.6 Å². The molecule has 1 aliphatic heterocycles. The lowest BCUT2D eigenvalue weighted by molar-refractivity contribution is -0.124. The van der Waals surface area contributed by atoms with Gasteiger partial charge in [-0.3, -0.25) is 14.9 Å². The maximum Gasteiger partial charge on any atom is 0.292 e. The summed E-state index contributed by atoms with van der Waals surface area (Å²) >= 11 is 0. The first-order chi connectivity index (χ1) is 17.1. The molecule has 1 aliphatic carbocycles. The van der Waals surface area contributed by atoms with Crippen molar-refractivity contribution in [1.29, 1.82) is 10.5 Å². The number of rotatable bonds is 5. The molecule has 0 aromatic heterocycles. The summed E-state index contributed by atoms with van der Waals surface area (Å²) in [6.45, 7) is 0. The lowest BCUT2D eigenvalue weighted by atomic mass is 9.58. The first-order valence-electron chi connectivity index (χ1n) is 10.8. The van der Waals surface area contributed by atoms with Gasteiger partial charge in [0.05, 0.1) is 0 Å². The molecule has 7 heteroatoms. The Morgan fingerprint density at radius 2 is 1.29 bits per heavy atom. The Labute approximate surface area is 201 Å². The summed E-state index contributed by atoms with van der Waals surface area (Å²) in [5.74, 6) is -0.629. The first-order valence-corrected chi connectivity index (χ1v) is 10.8. The number of carbonyl (C=O) groups is 2. The van der Waals surface area contributed by atoms with Crippen LogP contribution < -0.4 is 14.8 Å². The summed E-state index contributed by atoms with van der Waals surface area (Å²) in [5, 5.41) is 20.2. The second-order valence-electron chi connectivity index (χ2n) is 8.09.